The van der Waals surface area contributed by atoms with Crippen molar-refractivity contribution in [2.24, 2.45) is 5.10 Å². The molecule has 0 saturated heterocycles. The Hall–Kier alpha value is -3.42. The van der Waals surface area contributed by atoms with Crippen LogP contribution in [0.25, 0.3) is 0 Å². The van der Waals surface area contributed by atoms with Crippen LogP contribution < -0.4 is 10.7 Å². The Bertz CT molecular complexity index is 881. The van der Waals surface area contributed by atoms with Crippen molar-refractivity contribution in [3.8, 4) is 11.5 Å². The fraction of sp³-hybridized carbons (Fsp3) is 0.167. The first-order chi connectivity index (χ1) is 12.3. The average Bonchev–Trinajstić information content (AvgIpc) is 2.60. The Labute approximate surface area is 149 Å². The first-order valence-electron chi connectivity index (χ1n) is 7.67. The van der Waals surface area contributed by atoms with Crippen LogP contribution in [0.2, 0.25) is 0 Å². The van der Waals surface area contributed by atoms with Gasteiger partial charge in [0, 0.05) is 16.7 Å². The minimum atomic E-state index is -0.598. The summed E-state index contributed by atoms with van der Waals surface area (Å²) < 4.78 is 13.1. The molecule has 0 aliphatic rings. The maximum absolute atomic E-state index is 13.1. The normalized spacial score (nSPS) is 10.7. The standard InChI is InChI=1S/C18H18FN3O4/c1-10-6-15(23)11(2)17(25)14(10)8-21-22-16(24)9-20-18(26)12-4-3-5-13(19)7-12/h3-8,23,25H,9H2,1-2H3,(H,20,26)(H,22,24)/b21-8-. The molecule has 0 bridgehead atoms. The summed E-state index contributed by atoms with van der Waals surface area (Å²) in [5.41, 5.74) is 3.53. The van der Waals surface area contributed by atoms with Gasteiger partial charge in [-0.25, -0.2) is 9.82 Å². The first kappa shape index (κ1) is 18.9. The molecule has 0 aliphatic heterocycles. The van der Waals surface area contributed by atoms with Gasteiger partial charge < -0.3 is 15.5 Å². The van der Waals surface area contributed by atoms with Gasteiger partial charge in [0.15, 0.2) is 0 Å². The van der Waals surface area contributed by atoms with Gasteiger partial charge in [-0.1, -0.05) is 6.07 Å². The van der Waals surface area contributed by atoms with Gasteiger partial charge in [0.1, 0.15) is 17.3 Å². The van der Waals surface area contributed by atoms with E-state index in [9.17, 15) is 24.2 Å². The molecule has 8 heteroatoms. The molecule has 4 N–H and O–H groups in total. The van der Waals surface area contributed by atoms with Crippen LogP contribution >= 0.6 is 0 Å². The third-order valence-corrected chi connectivity index (χ3v) is 3.65. The largest absolute Gasteiger partial charge is 0.508 e. The maximum Gasteiger partial charge on any atom is 0.259 e. The lowest BCUT2D eigenvalue weighted by Gasteiger charge is -2.09. The number of nitrogens with one attached hydrogen (secondary N) is 2. The molecule has 2 aromatic rings. The molecule has 26 heavy (non-hydrogen) atoms. The predicted octanol–water partition coefficient (Wildman–Crippen LogP) is 1.73. The zero-order chi connectivity index (χ0) is 19.3. The SMILES string of the molecule is Cc1cc(O)c(C)c(O)c1/C=N\NC(=O)CNC(=O)c1cccc(F)c1. The average molecular weight is 359 g/mol. The fourth-order valence-corrected chi connectivity index (χ4v) is 2.16. The summed E-state index contributed by atoms with van der Waals surface area (Å²) in [5.74, 6) is -1.92. The number of carbonyl (C=O) groups excluding carboxylic acids is 2. The number of phenols is 2. The van der Waals surface area contributed by atoms with E-state index in [1.165, 1.54) is 30.5 Å². The van der Waals surface area contributed by atoms with Crippen molar-refractivity contribution < 1.29 is 24.2 Å². The Morgan fingerprint density at radius 2 is 1.96 bits per heavy atom. The Balaban J connectivity index is 1.92. The molecule has 0 spiro atoms. The van der Waals surface area contributed by atoms with Crippen molar-refractivity contribution in [1.82, 2.24) is 10.7 Å². The second-order valence-electron chi connectivity index (χ2n) is 5.59. The number of rotatable bonds is 5. The molecule has 2 rings (SSSR count). The van der Waals surface area contributed by atoms with Crippen LogP contribution in [0, 0.1) is 19.7 Å². The van der Waals surface area contributed by atoms with Crippen molar-refractivity contribution in [3.05, 3.63) is 58.4 Å². The number of hydrogen-bond acceptors (Lipinski definition) is 5. The molecule has 136 valence electrons. The number of carbonyl (C=O) groups is 2. The van der Waals surface area contributed by atoms with E-state index in [1.807, 2.05) is 0 Å². The summed E-state index contributed by atoms with van der Waals surface area (Å²) in [7, 11) is 0. The van der Waals surface area contributed by atoms with Crippen LogP contribution in [0.3, 0.4) is 0 Å². The highest BCUT2D eigenvalue weighted by Gasteiger charge is 2.11. The van der Waals surface area contributed by atoms with E-state index in [-0.39, 0.29) is 23.6 Å². The molecule has 0 fully saturated rings. The number of amides is 2. The van der Waals surface area contributed by atoms with Crippen molar-refractivity contribution in [1.29, 1.82) is 0 Å². The van der Waals surface area contributed by atoms with Crippen LogP contribution in [-0.4, -0.2) is 34.8 Å². The summed E-state index contributed by atoms with van der Waals surface area (Å²) in [5, 5.41) is 25.7. The predicted molar refractivity (Wildman–Crippen MR) is 93.7 cm³/mol. The minimum Gasteiger partial charge on any atom is -0.508 e. The minimum absolute atomic E-state index is 0.0405. The Kier molecular flexibility index (Phi) is 5.90. The van der Waals surface area contributed by atoms with Gasteiger partial charge in [-0.3, -0.25) is 9.59 Å². The summed E-state index contributed by atoms with van der Waals surface area (Å²) in [6, 6.07) is 6.55. The molecule has 7 nitrogen and oxygen atoms in total. The molecule has 0 radical (unpaired) electrons. The highest BCUT2D eigenvalue weighted by atomic mass is 19.1. The van der Waals surface area contributed by atoms with E-state index in [1.54, 1.807) is 13.8 Å². The van der Waals surface area contributed by atoms with Gasteiger partial charge in [0.05, 0.1) is 12.8 Å². The van der Waals surface area contributed by atoms with E-state index in [2.05, 4.69) is 15.8 Å². The van der Waals surface area contributed by atoms with E-state index >= 15 is 0 Å². The molecular formula is C18H18FN3O4. The zero-order valence-electron chi connectivity index (χ0n) is 14.2. The van der Waals surface area contributed by atoms with Crippen LogP contribution in [-0.2, 0) is 4.79 Å². The third-order valence-electron chi connectivity index (χ3n) is 3.65. The highest BCUT2D eigenvalue weighted by molar-refractivity contribution is 5.96. The first-order valence-corrected chi connectivity index (χ1v) is 7.67. The van der Waals surface area contributed by atoms with Gasteiger partial charge >= 0.3 is 0 Å². The number of nitrogens with zero attached hydrogens (tertiary/aromatic N) is 1. The topological polar surface area (TPSA) is 111 Å². The molecule has 0 heterocycles. The summed E-state index contributed by atoms with van der Waals surface area (Å²) in [4.78, 5) is 23.5. The van der Waals surface area contributed by atoms with Crippen LogP contribution in [0.15, 0.2) is 35.4 Å². The van der Waals surface area contributed by atoms with Crippen LogP contribution in [0.1, 0.15) is 27.0 Å². The van der Waals surface area contributed by atoms with Gasteiger partial charge in [0.2, 0.25) is 0 Å². The number of phenolic OH excluding ortho intramolecular Hbond substituents is 2. The molecule has 0 aliphatic carbocycles. The fourth-order valence-electron chi connectivity index (χ4n) is 2.16. The number of aryl methyl sites for hydroxylation is 1. The lowest BCUT2D eigenvalue weighted by Crippen LogP contribution is -2.34. The molecule has 0 atom stereocenters. The second kappa shape index (κ2) is 8.11. The van der Waals surface area contributed by atoms with Crippen molar-refractivity contribution in [2.45, 2.75) is 13.8 Å². The smallest absolute Gasteiger partial charge is 0.259 e. The molecule has 0 unspecified atom stereocenters. The number of aromatic hydroxyl groups is 2. The number of hydrogen-bond donors (Lipinski definition) is 4. The van der Waals surface area contributed by atoms with Gasteiger partial charge in [0.25, 0.3) is 11.8 Å². The van der Waals surface area contributed by atoms with Gasteiger partial charge in [-0.05, 0) is 43.7 Å². The van der Waals surface area contributed by atoms with Crippen molar-refractivity contribution >= 4 is 18.0 Å². The second-order valence-corrected chi connectivity index (χ2v) is 5.59. The van der Waals surface area contributed by atoms with Gasteiger partial charge in [-0.15, -0.1) is 0 Å². The number of hydrazone groups is 1. The summed E-state index contributed by atoms with van der Waals surface area (Å²) >= 11 is 0. The Morgan fingerprint density at radius 1 is 1.23 bits per heavy atom. The zero-order valence-corrected chi connectivity index (χ0v) is 14.2. The lowest BCUT2D eigenvalue weighted by molar-refractivity contribution is -0.120. The van der Waals surface area contributed by atoms with E-state index in [4.69, 9.17) is 0 Å². The lowest BCUT2D eigenvalue weighted by atomic mass is 10.0. The van der Waals surface area contributed by atoms with E-state index in [0.717, 1.165) is 6.07 Å². The van der Waals surface area contributed by atoms with Crippen LogP contribution in [0.4, 0.5) is 4.39 Å². The third kappa shape index (κ3) is 4.56. The summed E-state index contributed by atoms with van der Waals surface area (Å²) in [6.45, 7) is 2.86. The van der Waals surface area contributed by atoms with E-state index in [0.29, 0.717) is 16.7 Å². The molecule has 2 amide bonds. The quantitative estimate of drug-likeness (QED) is 0.481. The number of benzene rings is 2. The van der Waals surface area contributed by atoms with E-state index < -0.39 is 17.6 Å². The monoisotopic (exact) mass is 359 g/mol. The van der Waals surface area contributed by atoms with Crippen LogP contribution in [0.5, 0.6) is 11.5 Å². The molecule has 0 saturated carbocycles. The number of halogens is 1. The molecule has 2 aromatic carbocycles. The summed E-state index contributed by atoms with van der Waals surface area (Å²) in [6.07, 6.45) is 1.24. The van der Waals surface area contributed by atoms with Gasteiger partial charge in [-0.2, -0.15) is 5.10 Å². The molecular weight excluding hydrogens is 341 g/mol. The maximum atomic E-state index is 13.1. The highest BCUT2D eigenvalue weighted by Crippen LogP contribution is 2.31. The Morgan fingerprint density at radius 3 is 2.65 bits per heavy atom. The molecule has 0 aromatic heterocycles. The van der Waals surface area contributed by atoms with Crippen molar-refractivity contribution in [3.63, 3.8) is 0 Å². The van der Waals surface area contributed by atoms with Crippen molar-refractivity contribution in [2.75, 3.05) is 6.54 Å².